The van der Waals surface area contributed by atoms with Crippen LogP contribution in [0.4, 0.5) is 0 Å². The lowest BCUT2D eigenvalue weighted by Gasteiger charge is -2.12. The number of furan rings is 1. The second kappa shape index (κ2) is 6.13. The van der Waals surface area contributed by atoms with E-state index in [4.69, 9.17) is 10.2 Å². The molecular weight excluding hydrogens is 260 g/mol. The Balaban J connectivity index is 2.39. The molecule has 1 aromatic heterocycles. The van der Waals surface area contributed by atoms with E-state index >= 15 is 0 Å². The van der Waals surface area contributed by atoms with Crippen molar-refractivity contribution in [2.24, 2.45) is 5.73 Å². The number of nitrogens with two attached hydrogens (primary N) is 1. The molecule has 1 heterocycles. The van der Waals surface area contributed by atoms with Crippen molar-refractivity contribution >= 4 is 27.2 Å². The SMILES string of the molecule is CC(CCc1ccco1)NS(=O)(=O)CC(N)=S. The number of thiocarbonyl (C=S) groups is 1. The Morgan fingerprint density at radius 3 is 2.88 bits per heavy atom. The Bertz CT molecular complexity index is 454. The van der Waals surface area contributed by atoms with Gasteiger partial charge in [0.1, 0.15) is 11.5 Å². The molecule has 5 nitrogen and oxygen atoms in total. The molecule has 0 aliphatic heterocycles. The largest absolute Gasteiger partial charge is 0.469 e. The molecule has 1 aromatic rings. The van der Waals surface area contributed by atoms with Gasteiger partial charge in [-0.05, 0) is 25.5 Å². The third-order valence-corrected chi connectivity index (χ3v) is 3.90. The van der Waals surface area contributed by atoms with Crippen molar-refractivity contribution in [1.82, 2.24) is 4.72 Å². The van der Waals surface area contributed by atoms with Gasteiger partial charge in [-0.2, -0.15) is 0 Å². The van der Waals surface area contributed by atoms with Crippen molar-refractivity contribution in [1.29, 1.82) is 0 Å². The van der Waals surface area contributed by atoms with Crippen molar-refractivity contribution in [3.05, 3.63) is 24.2 Å². The van der Waals surface area contributed by atoms with E-state index in [1.807, 2.05) is 6.07 Å². The molecule has 0 spiro atoms. The number of hydrogen-bond acceptors (Lipinski definition) is 4. The van der Waals surface area contributed by atoms with Crippen molar-refractivity contribution in [3.63, 3.8) is 0 Å². The van der Waals surface area contributed by atoms with Crippen LogP contribution in [-0.4, -0.2) is 25.2 Å². The first kappa shape index (κ1) is 14.1. The number of sulfonamides is 1. The maximum absolute atomic E-state index is 11.5. The molecule has 0 saturated heterocycles. The van der Waals surface area contributed by atoms with Gasteiger partial charge in [-0.3, -0.25) is 0 Å². The molecule has 0 fully saturated rings. The first-order valence-electron chi connectivity index (χ1n) is 5.20. The van der Waals surface area contributed by atoms with Gasteiger partial charge in [0.05, 0.1) is 11.3 Å². The third kappa shape index (κ3) is 5.81. The Hall–Kier alpha value is -0.920. The molecule has 1 rings (SSSR count). The van der Waals surface area contributed by atoms with Gasteiger partial charge in [-0.1, -0.05) is 12.2 Å². The van der Waals surface area contributed by atoms with Crippen LogP contribution in [-0.2, 0) is 16.4 Å². The monoisotopic (exact) mass is 276 g/mol. The van der Waals surface area contributed by atoms with E-state index in [0.717, 1.165) is 5.76 Å². The predicted molar refractivity (Wildman–Crippen MR) is 70.2 cm³/mol. The zero-order chi connectivity index (χ0) is 12.9. The minimum atomic E-state index is -3.42. The van der Waals surface area contributed by atoms with E-state index in [-0.39, 0.29) is 16.8 Å². The van der Waals surface area contributed by atoms with Gasteiger partial charge >= 0.3 is 0 Å². The highest BCUT2D eigenvalue weighted by Gasteiger charge is 2.15. The lowest BCUT2D eigenvalue weighted by atomic mass is 10.2. The van der Waals surface area contributed by atoms with Crippen LogP contribution in [0.2, 0.25) is 0 Å². The molecule has 0 bridgehead atoms. The number of hydrogen-bond donors (Lipinski definition) is 2. The van der Waals surface area contributed by atoms with E-state index in [1.54, 1.807) is 19.3 Å². The second-order valence-electron chi connectivity index (χ2n) is 3.86. The molecule has 1 unspecified atom stereocenters. The van der Waals surface area contributed by atoms with E-state index < -0.39 is 10.0 Å². The average molecular weight is 276 g/mol. The molecule has 0 amide bonds. The summed E-state index contributed by atoms with van der Waals surface area (Å²) in [6.45, 7) is 1.79. The molecule has 1 atom stereocenters. The molecule has 0 aromatic carbocycles. The Morgan fingerprint density at radius 1 is 1.65 bits per heavy atom. The minimum Gasteiger partial charge on any atom is -0.469 e. The molecule has 17 heavy (non-hydrogen) atoms. The van der Waals surface area contributed by atoms with E-state index in [1.165, 1.54) is 0 Å². The van der Waals surface area contributed by atoms with Crippen LogP contribution in [0.5, 0.6) is 0 Å². The summed E-state index contributed by atoms with van der Waals surface area (Å²) in [6, 6.07) is 3.48. The maximum atomic E-state index is 11.5. The molecule has 0 radical (unpaired) electrons. The molecule has 0 aliphatic rings. The van der Waals surface area contributed by atoms with Gasteiger partial charge in [0, 0.05) is 12.5 Å². The fourth-order valence-electron chi connectivity index (χ4n) is 1.41. The molecule has 3 N–H and O–H groups in total. The van der Waals surface area contributed by atoms with E-state index in [9.17, 15) is 8.42 Å². The fraction of sp³-hybridized carbons (Fsp3) is 0.500. The summed E-state index contributed by atoms with van der Waals surface area (Å²) in [7, 11) is -3.42. The standard InChI is InChI=1S/C10H16N2O3S2/c1-8(4-5-9-3-2-6-15-9)12-17(13,14)7-10(11)16/h2-3,6,8,12H,4-5,7H2,1H3,(H2,11,16). The summed E-state index contributed by atoms with van der Waals surface area (Å²) in [6.07, 6.45) is 2.94. The van der Waals surface area contributed by atoms with E-state index in [0.29, 0.717) is 12.8 Å². The lowest BCUT2D eigenvalue weighted by molar-refractivity contribution is 0.480. The van der Waals surface area contributed by atoms with Crippen LogP contribution in [0.1, 0.15) is 19.1 Å². The summed E-state index contributed by atoms with van der Waals surface area (Å²) in [5.41, 5.74) is 5.20. The highest BCUT2D eigenvalue weighted by molar-refractivity contribution is 7.92. The smallest absolute Gasteiger partial charge is 0.218 e. The minimum absolute atomic E-state index is 0.0317. The van der Waals surface area contributed by atoms with Crippen molar-refractivity contribution in [3.8, 4) is 0 Å². The summed E-state index contributed by atoms with van der Waals surface area (Å²) in [4.78, 5) is -0.0317. The third-order valence-electron chi connectivity index (χ3n) is 2.12. The average Bonchev–Trinajstić information content (AvgIpc) is 2.63. The van der Waals surface area contributed by atoms with Gasteiger partial charge in [0.15, 0.2) is 0 Å². The zero-order valence-electron chi connectivity index (χ0n) is 9.55. The molecule has 0 aliphatic carbocycles. The lowest BCUT2D eigenvalue weighted by Crippen LogP contribution is -2.38. The van der Waals surface area contributed by atoms with Crippen molar-refractivity contribution in [2.75, 3.05) is 5.75 Å². The van der Waals surface area contributed by atoms with Crippen LogP contribution in [0.25, 0.3) is 0 Å². The molecule has 0 saturated carbocycles. The normalized spacial score (nSPS) is 13.5. The Kier molecular flexibility index (Phi) is 5.10. The van der Waals surface area contributed by atoms with Gasteiger partial charge in [0.25, 0.3) is 0 Å². The second-order valence-corrected chi connectivity index (χ2v) is 6.14. The van der Waals surface area contributed by atoms with E-state index in [2.05, 4.69) is 16.9 Å². The van der Waals surface area contributed by atoms with Crippen LogP contribution in [0.15, 0.2) is 22.8 Å². The first-order chi connectivity index (χ1) is 7.89. The van der Waals surface area contributed by atoms with Crippen LogP contribution < -0.4 is 10.5 Å². The summed E-state index contributed by atoms with van der Waals surface area (Å²) >= 11 is 4.57. The topological polar surface area (TPSA) is 85.3 Å². The first-order valence-corrected chi connectivity index (χ1v) is 7.26. The quantitative estimate of drug-likeness (QED) is 0.720. The fourth-order valence-corrected chi connectivity index (χ4v) is 3.06. The predicted octanol–water partition coefficient (Wildman–Crippen LogP) is 0.806. The number of rotatable bonds is 7. The Labute approximate surface area is 106 Å². The molecule has 96 valence electrons. The number of nitrogens with one attached hydrogen (secondary N) is 1. The highest BCUT2D eigenvalue weighted by Crippen LogP contribution is 2.06. The van der Waals surface area contributed by atoms with Gasteiger partial charge in [-0.15, -0.1) is 0 Å². The van der Waals surface area contributed by atoms with Crippen LogP contribution in [0, 0.1) is 0 Å². The summed E-state index contributed by atoms with van der Waals surface area (Å²) in [5.74, 6) is 0.526. The summed E-state index contributed by atoms with van der Waals surface area (Å²) < 4.78 is 30.7. The van der Waals surface area contributed by atoms with Crippen molar-refractivity contribution < 1.29 is 12.8 Å². The number of aryl methyl sites for hydroxylation is 1. The van der Waals surface area contributed by atoms with Gasteiger partial charge in [0.2, 0.25) is 10.0 Å². The van der Waals surface area contributed by atoms with Crippen LogP contribution >= 0.6 is 12.2 Å². The van der Waals surface area contributed by atoms with Crippen LogP contribution in [0.3, 0.4) is 0 Å². The van der Waals surface area contributed by atoms with Gasteiger partial charge < -0.3 is 10.2 Å². The molecule has 7 heteroatoms. The maximum Gasteiger partial charge on any atom is 0.218 e. The zero-order valence-corrected chi connectivity index (χ0v) is 11.2. The highest BCUT2D eigenvalue weighted by atomic mass is 32.2. The van der Waals surface area contributed by atoms with Crippen molar-refractivity contribution in [2.45, 2.75) is 25.8 Å². The summed E-state index contributed by atoms with van der Waals surface area (Å²) in [5, 5.41) is 0. The Morgan fingerprint density at radius 2 is 2.35 bits per heavy atom. The molecular formula is C10H16N2O3S2. The van der Waals surface area contributed by atoms with Gasteiger partial charge in [-0.25, -0.2) is 13.1 Å².